The number of aliphatic hydroxyl groups is 3. The Morgan fingerprint density at radius 3 is 2.22 bits per heavy atom. The Labute approximate surface area is 344 Å². The average molecular weight is 822 g/mol. The minimum absolute atomic E-state index is 0. The zero-order valence-electron chi connectivity index (χ0n) is 35.9. The standard InChI is InChI=1S/C44H69NO12.H2O/c1-10-13-31-19-25(2)18-26(3)20-37(54-8)40-38(55-9)22-28(5)44(52,57-40)41(49)42(50)45-17-12-11-14-32(45)43(51)56-39(29(6)34(47)24-35(31)48)27(4)21-30-15-16-33(46)36(23-30)53-7;/h10,19,21,26,28-34,36-40,46-47,52H,1,11-18,20,22-24H2,2-9H3;1H2/b25-19+,27-21+;/t26-,28+,29+,30-,31+,32-,33+,34-,36+,37-,38-,39+,40-,44+;/m0./s1. The van der Waals surface area contributed by atoms with Gasteiger partial charge >= 0.3 is 5.97 Å². The Kier molecular flexibility index (Phi) is 18.9. The third-order valence-electron chi connectivity index (χ3n) is 12.9. The van der Waals surface area contributed by atoms with Gasteiger partial charge in [0.1, 0.15) is 24.0 Å². The molecular weight excluding hydrogens is 750 g/mol. The molecule has 3 fully saturated rings. The molecule has 0 aromatic rings. The summed E-state index contributed by atoms with van der Waals surface area (Å²) in [6.45, 7) is 13.1. The molecule has 1 amide bonds. The van der Waals surface area contributed by atoms with Crippen LogP contribution in [-0.2, 0) is 42.9 Å². The number of carbonyl (C=O) groups is 4. The highest BCUT2D eigenvalue weighted by atomic mass is 16.7. The lowest BCUT2D eigenvalue weighted by atomic mass is 9.81. The molecule has 2 saturated heterocycles. The summed E-state index contributed by atoms with van der Waals surface area (Å²) in [5.74, 6) is -7.76. The molecule has 330 valence electrons. The zero-order valence-corrected chi connectivity index (χ0v) is 35.9. The van der Waals surface area contributed by atoms with Gasteiger partial charge in [-0.25, -0.2) is 4.79 Å². The van der Waals surface area contributed by atoms with Crippen molar-refractivity contribution >= 4 is 23.4 Å². The molecule has 0 aromatic carbocycles. The Bertz CT molecular complexity index is 1480. The van der Waals surface area contributed by atoms with E-state index in [0.717, 1.165) is 5.57 Å². The van der Waals surface area contributed by atoms with Crippen LogP contribution in [0.25, 0.3) is 0 Å². The summed E-state index contributed by atoms with van der Waals surface area (Å²) in [5.41, 5.74) is 1.61. The molecular formula is C44H71NO13. The van der Waals surface area contributed by atoms with Crippen LogP contribution in [0.2, 0.25) is 0 Å². The monoisotopic (exact) mass is 821 g/mol. The molecule has 2 bridgehead atoms. The molecule has 0 aromatic heterocycles. The number of hydrogen-bond donors (Lipinski definition) is 3. The highest BCUT2D eigenvalue weighted by Gasteiger charge is 2.56. The maximum atomic E-state index is 14.3. The van der Waals surface area contributed by atoms with Gasteiger partial charge in [-0.1, -0.05) is 44.6 Å². The number of piperidine rings is 1. The van der Waals surface area contributed by atoms with E-state index in [4.69, 9.17) is 23.7 Å². The Balaban J connectivity index is 0.00000900. The molecule has 0 radical (unpaired) electrons. The highest BCUT2D eigenvalue weighted by molar-refractivity contribution is 6.39. The van der Waals surface area contributed by atoms with Gasteiger partial charge in [0.05, 0.1) is 30.5 Å². The predicted octanol–water partition coefficient (Wildman–Crippen LogP) is 3.81. The van der Waals surface area contributed by atoms with E-state index in [0.29, 0.717) is 56.9 Å². The number of methoxy groups -OCH3 is 3. The van der Waals surface area contributed by atoms with E-state index < -0.39 is 83.9 Å². The third kappa shape index (κ3) is 11.7. The topological polar surface area (TPSA) is 210 Å². The second kappa shape index (κ2) is 22.1. The maximum Gasteiger partial charge on any atom is 0.329 e. The number of hydrogen-bond acceptors (Lipinski definition) is 12. The van der Waals surface area contributed by atoms with Crippen molar-refractivity contribution in [2.45, 2.75) is 160 Å². The predicted molar refractivity (Wildman–Crippen MR) is 216 cm³/mol. The molecule has 4 rings (SSSR count). The number of allylic oxidation sites excluding steroid dienone is 4. The van der Waals surface area contributed by atoms with Gasteiger partial charge in [-0.15, -0.1) is 6.58 Å². The van der Waals surface area contributed by atoms with Crippen molar-refractivity contribution in [3.63, 3.8) is 0 Å². The molecule has 3 heterocycles. The number of rotatable bonds is 7. The van der Waals surface area contributed by atoms with Crippen molar-refractivity contribution in [1.29, 1.82) is 0 Å². The maximum absolute atomic E-state index is 14.3. The van der Waals surface area contributed by atoms with Crippen molar-refractivity contribution in [3.8, 4) is 0 Å². The van der Waals surface area contributed by atoms with E-state index >= 15 is 0 Å². The number of cyclic esters (lactones) is 1. The number of nitrogens with zero attached hydrogens (tertiary/aromatic N) is 1. The van der Waals surface area contributed by atoms with Crippen LogP contribution in [0, 0.1) is 29.6 Å². The summed E-state index contributed by atoms with van der Waals surface area (Å²) in [7, 11) is 4.61. The second-order valence-corrected chi connectivity index (χ2v) is 17.3. The number of fused-ring (bicyclic) bond motifs is 3. The summed E-state index contributed by atoms with van der Waals surface area (Å²) in [5, 5.41) is 34.1. The number of amides is 1. The molecule has 14 nitrogen and oxygen atoms in total. The van der Waals surface area contributed by atoms with Gasteiger partial charge in [-0.05, 0) is 95.5 Å². The fourth-order valence-electron chi connectivity index (χ4n) is 9.42. The second-order valence-electron chi connectivity index (χ2n) is 17.3. The number of aliphatic hydroxyl groups excluding tert-OH is 2. The van der Waals surface area contributed by atoms with Crippen LogP contribution < -0.4 is 0 Å². The fourth-order valence-corrected chi connectivity index (χ4v) is 9.42. The number of carbonyl (C=O) groups excluding carboxylic acids is 4. The van der Waals surface area contributed by atoms with Gasteiger partial charge in [0.15, 0.2) is 0 Å². The minimum Gasteiger partial charge on any atom is -0.456 e. The molecule has 14 heteroatoms. The van der Waals surface area contributed by atoms with Crippen LogP contribution in [0.1, 0.15) is 105 Å². The van der Waals surface area contributed by atoms with E-state index in [2.05, 4.69) is 6.58 Å². The van der Waals surface area contributed by atoms with E-state index in [-0.39, 0.29) is 55.0 Å². The largest absolute Gasteiger partial charge is 0.456 e. The van der Waals surface area contributed by atoms with Crippen molar-refractivity contribution in [2.75, 3.05) is 27.9 Å². The van der Waals surface area contributed by atoms with Gasteiger partial charge in [0.25, 0.3) is 11.7 Å². The Morgan fingerprint density at radius 2 is 1.59 bits per heavy atom. The van der Waals surface area contributed by atoms with Crippen molar-refractivity contribution in [2.24, 2.45) is 29.6 Å². The van der Waals surface area contributed by atoms with Gasteiger partial charge < -0.3 is 49.4 Å². The zero-order chi connectivity index (χ0) is 42.2. The summed E-state index contributed by atoms with van der Waals surface area (Å²) < 4.78 is 29.7. The van der Waals surface area contributed by atoms with E-state index in [1.807, 2.05) is 32.9 Å². The highest BCUT2D eigenvalue weighted by Crippen LogP contribution is 2.39. The van der Waals surface area contributed by atoms with Crippen LogP contribution in [0.15, 0.2) is 36.0 Å². The molecule has 5 N–H and O–H groups in total. The molecule has 1 saturated carbocycles. The lowest BCUT2D eigenvalue weighted by molar-refractivity contribution is -0.302. The summed E-state index contributed by atoms with van der Waals surface area (Å²) in [6.07, 6.45) is 4.93. The first-order valence-electron chi connectivity index (χ1n) is 20.9. The van der Waals surface area contributed by atoms with Gasteiger partial charge in [0.2, 0.25) is 5.79 Å². The molecule has 0 spiro atoms. The normalized spacial score (nSPS) is 40.3. The lowest BCUT2D eigenvalue weighted by Gasteiger charge is -2.47. The van der Waals surface area contributed by atoms with Gasteiger partial charge in [0, 0.05) is 52.0 Å². The van der Waals surface area contributed by atoms with Crippen LogP contribution in [0.3, 0.4) is 0 Å². The molecule has 4 aliphatic rings. The van der Waals surface area contributed by atoms with Crippen molar-refractivity contribution < 1.29 is 63.7 Å². The quantitative estimate of drug-likeness (QED) is 0.190. The van der Waals surface area contributed by atoms with Crippen LogP contribution in [0.4, 0.5) is 0 Å². The minimum atomic E-state index is -2.51. The molecule has 14 atom stereocenters. The Morgan fingerprint density at radius 1 is 0.931 bits per heavy atom. The van der Waals surface area contributed by atoms with E-state index in [1.54, 1.807) is 27.0 Å². The fraction of sp³-hybridized carbons (Fsp3) is 0.773. The van der Waals surface area contributed by atoms with Crippen molar-refractivity contribution in [1.82, 2.24) is 4.90 Å². The Hall–Kier alpha value is -2.82. The number of ether oxygens (including phenoxy) is 5. The van der Waals surface area contributed by atoms with E-state index in [9.17, 15) is 34.5 Å². The molecule has 0 unspecified atom stereocenters. The van der Waals surface area contributed by atoms with Crippen LogP contribution in [-0.4, -0.2) is 132 Å². The van der Waals surface area contributed by atoms with Crippen molar-refractivity contribution in [3.05, 3.63) is 36.0 Å². The number of ketones is 2. The van der Waals surface area contributed by atoms with Gasteiger partial charge in [-0.3, -0.25) is 14.4 Å². The van der Waals surface area contributed by atoms with Crippen LogP contribution >= 0.6 is 0 Å². The smallest absolute Gasteiger partial charge is 0.329 e. The SMILES string of the molecule is C=CC[C@@H]1/C=C(\C)C[C@H](C)C[C@H](OC)[C@@H]2O[C@@](O)(C(=O)C(=O)N3CCCC[C@H]3C(=O)O[C@H](/C(C)=C/[C@@H]3CC[C@@H](O)[C@H](OC)C3)[C@H](C)[C@@H](O)CC1=O)[C@H](C)C[C@@H]2OC.O. The summed E-state index contributed by atoms with van der Waals surface area (Å²) in [6, 6.07) is -1.14. The van der Waals surface area contributed by atoms with Crippen LogP contribution in [0.5, 0.6) is 0 Å². The number of esters is 1. The molecule has 3 aliphatic heterocycles. The first kappa shape index (κ1) is 49.5. The molecule has 1 aliphatic carbocycles. The van der Waals surface area contributed by atoms with E-state index in [1.165, 1.54) is 19.1 Å². The average Bonchev–Trinajstić information content (AvgIpc) is 3.18. The first-order chi connectivity index (χ1) is 27.0. The first-order valence-corrected chi connectivity index (χ1v) is 20.9. The summed E-state index contributed by atoms with van der Waals surface area (Å²) in [4.78, 5) is 57.8. The molecule has 58 heavy (non-hydrogen) atoms. The van der Waals surface area contributed by atoms with Gasteiger partial charge in [-0.2, -0.15) is 0 Å². The lowest BCUT2D eigenvalue weighted by Crippen LogP contribution is -2.64. The summed E-state index contributed by atoms with van der Waals surface area (Å²) >= 11 is 0. The third-order valence-corrected chi connectivity index (χ3v) is 12.9. The number of Topliss-reactive ketones (excluding diaryl/α,β-unsaturated/α-hetero) is 2.